The van der Waals surface area contributed by atoms with Crippen LogP contribution in [0, 0.1) is 0 Å². The molecule has 108 valence electrons. The van der Waals surface area contributed by atoms with Crippen LogP contribution in [0.15, 0.2) is 24.3 Å². The number of rotatable bonds is 6. The Bertz CT molecular complexity index is 512. The van der Waals surface area contributed by atoms with Crippen molar-refractivity contribution >= 4 is 11.5 Å². The van der Waals surface area contributed by atoms with Crippen LogP contribution in [0.2, 0.25) is 0 Å². The number of nitrogens with two attached hydrogens (primary N) is 1. The summed E-state index contributed by atoms with van der Waals surface area (Å²) < 4.78 is 10.9. The average molecular weight is 276 g/mol. The van der Waals surface area contributed by atoms with E-state index >= 15 is 0 Å². The molecule has 0 unspecified atom stereocenters. The fraction of sp³-hybridized carbons (Fsp3) is 0.400. The van der Waals surface area contributed by atoms with E-state index in [0.29, 0.717) is 18.1 Å². The minimum Gasteiger partial charge on any atom is -0.490 e. The predicted octanol–water partition coefficient (Wildman–Crippen LogP) is 1.33. The average Bonchev–Trinajstić information content (AvgIpc) is 2.47. The first-order chi connectivity index (χ1) is 9.70. The molecule has 1 aliphatic heterocycles. The van der Waals surface area contributed by atoms with Crippen molar-refractivity contribution in [1.29, 1.82) is 0 Å². The zero-order valence-corrected chi connectivity index (χ0v) is 11.6. The van der Waals surface area contributed by atoms with E-state index in [2.05, 4.69) is 11.4 Å². The highest BCUT2D eigenvalue weighted by molar-refractivity contribution is 5.75. The normalized spacial score (nSPS) is 14.6. The van der Waals surface area contributed by atoms with Gasteiger partial charge in [-0.05, 0) is 43.2 Å². The molecule has 0 atom stereocenters. The third-order valence-corrected chi connectivity index (χ3v) is 3.05. The molecule has 1 amide bonds. The Labute approximate surface area is 118 Å². The van der Waals surface area contributed by atoms with E-state index in [-0.39, 0.29) is 6.61 Å². The van der Waals surface area contributed by atoms with Crippen LogP contribution in [0.25, 0.3) is 5.57 Å². The highest BCUT2D eigenvalue weighted by Crippen LogP contribution is 2.32. The number of nitrogens with one attached hydrogen (secondary N) is 1. The van der Waals surface area contributed by atoms with Crippen molar-refractivity contribution in [3.05, 3.63) is 29.8 Å². The molecule has 5 nitrogen and oxygen atoms in total. The molecule has 0 bridgehead atoms. The predicted molar refractivity (Wildman–Crippen MR) is 77.8 cm³/mol. The Balaban J connectivity index is 2.21. The highest BCUT2D eigenvalue weighted by Gasteiger charge is 2.11. The van der Waals surface area contributed by atoms with Gasteiger partial charge in [0.1, 0.15) is 0 Å². The van der Waals surface area contributed by atoms with Gasteiger partial charge in [0.05, 0.1) is 6.61 Å². The molecule has 5 heteroatoms. The van der Waals surface area contributed by atoms with Crippen molar-refractivity contribution in [1.82, 2.24) is 5.32 Å². The van der Waals surface area contributed by atoms with Crippen molar-refractivity contribution in [3.8, 4) is 11.5 Å². The third-order valence-electron chi connectivity index (χ3n) is 3.05. The second kappa shape index (κ2) is 6.96. The largest absolute Gasteiger partial charge is 0.490 e. The first kappa shape index (κ1) is 14.4. The van der Waals surface area contributed by atoms with Crippen molar-refractivity contribution in [2.24, 2.45) is 5.73 Å². The lowest BCUT2D eigenvalue weighted by Gasteiger charge is -2.17. The summed E-state index contributed by atoms with van der Waals surface area (Å²) in [6, 6.07) is 5.76. The standard InChI is InChI=1S/C15H20N2O3/c1-2-19-14-9-12(11-5-7-17-8-6-11)3-4-13(14)20-10-15(16)18/h3-5,9,17H,2,6-8,10H2,1H3,(H2,16,18). The second-order valence-electron chi connectivity index (χ2n) is 4.53. The van der Waals surface area contributed by atoms with Gasteiger partial charge >= 0.3 is 0 Å². The molecule has 1 aliphatic rings. The molecule has 2 rings (SSSR count). The maximum Gasteiger partial charge on any atom is 0.255 e. The molecule has 0 aromatic heterocycles. The summed E-state index contributed by atoms with van der Waals surface area (Å²) in [7, 11) is 0. The Morgan fingerprint density at radius 1 is 1.35 bits per heavy atom. The fourth-order valence-corrected chi connectivity index (χ4v) is 2.13. The van der Waals surface area contributed by atoms with Crippen LogP contribution >= 0.6 is 0 Å². The molecule has 0 spiro atoms. The zero-order chi connectivity index (χ0) is 14.4. The summed E-state index contributed by atoms with van der Waals surface area (Å²) in [6.07, 6.45) is 3.17. The van der Waals surface area contributed by atoms with Crippen LogP contribution in [-0.2, 0) is 4.79 Å². The van der Waals surface area contributed by atoms with Gasteiger partial charge in [-0.1, -0.05) is 12.1 Å². The number of hydrogen-bond acceptors (Lipinski definition) is 4. The minimum atomic E-state index is -0.502. The molecule has 0 fully saturated rings. The van der Waals surface area contributed by atoms with Gasteiger partial charge in [-0.3, -0.25) is 4.79 Å². The number of hydrogen-bond donors (Lipinski definition) is 2. The summed E-state index contributed by atoms with van der Waals surface area (Å²) in [4.78, 5) is 10.8. The lowest BCUT2D eigenvalue weighted by atomic mass is 10.00. The summed E-state index contributed by atoms with van der Waals surface area (Å²) in [5.74, 6) is 0.687. The maximum atomic E-state index is 10.8. The molecule has 3 N–H and O–H groups in total. The molecule has 1 heterocycles. The van der Waals surface area contributed by atoms with Crippen molar-refractivity contribution in [2.75, 3.05) is 26.3 Å². The number of carbonyl (C=O) groups excluding carboxylic acids is 1. The van der Waals surface area contributed by atoms with E-state index in [1.54, 1.807) is 0 Å². The van der Waals surface area contributed by atoms with Gasteiger partial charge in [-0.15, -0.1) is 0 Å². The summed E-state index contributed by atoms with van der Waals surface area (Å²) in [6.45, 7) is 4.17. The number of carbonyl (C=O) groups is 1. The summed E-state index contributed by atoms with van der Waals surface area (Å²) in [5, 5.41) is 3.28. The van der Waals surface area contributed by atoms with Gasteiger partial charge in [0.25, 0.3) is 5.91 Å². The SMILES string of the molecule is CCOc1cc(C2=CCNCC2)ccc1OCC(N)=O. The zero-order valence-electron chi connectivity index (χ0n) is 11.6. The molecule has 1 aromatic carbocycles. The monoisotopic (exact) mass is 276 g/mol. The lowest BCUT2D eigenvalue weighted by molar-refractivity contribution is -0.119. The quantitative estimate of drug-likeness (QED) is 0.822. The summed E-state index contributed by atoms with van der Waals surface area (Å²) in [5.41, 5.74) is 7.51. The van der Waals surface area contributed by atoms with E-state index in [1.807, 2.05) is 25.1 Å². The number of ether oxygens (including phenoxy) is 2. The van der Waals surface area contributed by atoms with Crippen molar-refractivity contribution < 1.29 is 14.3 Å². The van der Waals surface area contributed by atoms with Gasteiger partial charge in [-0.2, -0.15) is 0 Å². The van der Waals surface area contributed by atoms with Crippen LogP contribution in [0.1, 0.15) is 18.9 Å². The molecule has 0 aliphatic carbocycles. The van der Waals surface area contributed by atoms with Gasteiger partial charge in [0.15, 0.2) is 18.1 Å². The van der Waals surface area contributed by atoms with Crippen LogP contribution in [0.5, 0.6) is 11.5 Å². The Hall–Kier alpha value is -2.01. The molecular formula is C15H20N2O3. The van der Waals surface area contributed by atoms with E-state index in [4.69, 9.17) is 15.2 Å². The van der Waals surface area contributed by atoms with Crippen molar-refractivity contribution in [2.45, 2.75) is 13.3 Å². The number of amides is 1. The first-order valence-corrected chi connectivity index (χ1v) is 6.78. The van der Waals surface area contributed by atoms with E-state index in [9.17, 15) is 4.79 Å². The van der Waals surface area contributed by atoms with E-state index in [0.717, 1.165) is 25.1 Å². The fourth-order valence-electron chi connectivity index (χ4n) is 2.13. The molecule has 20 heavy (non-hydrogen) atoms. The third kappa shape index (κ3) is 3.74. The van der Waals surface area contributed by atoms with E-state index < -0.39 is 5.91 Å². The van der Waals surface area contributed by atoms with Gasteiger partial charge in [0.2, 0.25) is 0 Å². The van der Waals surface area contributed by atoms with Gasteiger partial charge in [-0.25, -0.2) is 0 Å². The Kier molecular flexibility index (Phi) is 5.01. The van der Waals surface area contributed by atoms with Crippen LogP contribution in [0.4, 0.5) is 0 Å². The highest BCUT2D eigenvalue weighted by atomic mass is 16.5. The summed E-state index contributed by atoms with van der Waals surface area (Å²) >= 11 is 0. The molecule has 1 aromatic rings. The molecule has 0 radical (unpaired) electrons. The Morgan fingerprint density at radius 3 is 2.85 bits per heavy atom. The molecule has 0 saturated heterocycles. The Morgan fingerprint density at radius 2 is 2.20 bits per heavy atom. The smallest absolute Gasteiger partial charge is 0.255 e. The van der Waals surface area contributed by atoms with Gasteiger partial charge in [0, 0.05) is 6.54 Å². The first-order valence-electron chi connectivity index (χ1n) is 6.78. The number of primary amides is 1. The molecule has 0 saturated carbocycles. The van der Waals surface area contributed by atoms with Crippen LogP contribution in [0.3, 0.4) is 0 Å². The lowest BCUT2D eigenvalue weighted by Crippen LogP contribution is -2.20. The van der Waals surface area contributed by atoms with Crippen LogP contribution < -0.4 is 20.5 Å². The topological polar surface area (TPSA) is 73.6 Å². The van der Waals surface area contributed by atoms with Crippen molar-refractivity contribution in [3.63, 3.8) is 0 Å². The maximum absolute atomic E-state index is 10.8. The van der Waals surface area contributed by atoms with Gasteiger partial charge < -0.3 is 20.5 Å². The molecular weight excluding hydrogens is 256 g/mol. The van der Waals surface area contributed by atoms with E-state index in [1.165, 1.54) is 5.57 Å². The second-order valence-corrected chi connectivity index (χ2v) is 4.53. The number of benzene rings is 1. The van der Waals surface area contributed by atoms with Crippen LogP contribution in [-0.4, -0.2) is 32.2 Å². The minimum absolute atomic E-state index is 0.147.